The zero-order valence-electron chi connectivity index (χ0n) is 80.2. The standard InChI is InChI=1S/C130H111BN4Si2/c1-127(2,3)92-78-90(79-93(84-92)128(4,5)6)108-64-41-66-112-110-62-33-37-70-118(110)132(125(108)112)96-74-76-114-122(86-96)134(116-68-35-31-60-106(116)88-44-39-58-104(82-88)136(98-46-19-13-20-47-98,99-48-21-14-22-49-99)100-50-23-15-24-51-100)120-72-43-73-121-124(120)131(114)115-77-75-97(133-119-71-38-34-63-111(119)113-67-42-65-109(126(113)133)91-80-94(129(7,8)9)85-95(81-91)130(10,11)12)87-123(115)135(121)117-69-36-32-61-107(117)89-45-40-59-105(83-89)137(101-52-25-16-26-53-101,102-54-27-17-28-55-102)103-56-29-18-30-57-103/h13-87H,1-12H3. The van der Waals surface area contributed by atoms with Crippen molar-refractivity contribution in [2.24, 2.45) is 0 Å². The van der Waals surface area contributed by atoms with Crippen molar-refractivity contribution in [3.63, 3.8) is 0 Å². The average Bonchev–Trinajstić information content (AvgIpc) is 1.35. The van der Waals surface area contributed by atoms with Gasteiger partial charge in [0.15, 0.2) is 16.1 Å². The van der Waals surface area contributed by atoms with Crippen molar-refractivity contribution in [3.8, 4) is 55.9 Å². The van der Waals surface area contributed by atoms with E-state index in [9.17, 15) is 0 Å². The van der Waals surface area contributed by atoms with Crippen LogP contribution in [0.5, 0.6) is 0 Å². The molecule has 137 heavy (non-hydrogen) atoms. The molecule has 2 aliphatic heterocycles. The normalized spacial score (nSPS) is 12.9. The van der Waals surface area contributed by atoms with Crippen molar-refractivity contribution in [3.05, 3.63) is 477 Å². The van der Waals surface area contributed by atoms with E-state index in [1.165, 1.54) is 135 Å². The second-order valence-corrected chi connectivity index (χ2v) is 49.5. The molecule has 21 aromatic rings. The Balaban J connectivity index is 0.814. The molecule has 0 fully saturated rings. The molecule has 7 heteroatoms. The van der Waals surface area contributed by atoms with Gasteiger partial charge in [0.05, 0.1) is 33.4 Å². The van der Waals surface area contributed by atoms with Crippen LogP contribution in [0.4, 0.5) is 34.1 Å². The summed E-state index contributed by atoms with van der Waals surface area (Å²) in [7, 11) is -6.12. The SMILES string of the molecule is CC(C)(C)c1cc(-c2cccc3c4ccccc4n(-c4ccc5c(c4)N(c4ccccc4-c4cccc([Si](c6ccccc6)(c6ccccc6)c6ccccc6)c4)c4cccc6c4B5c4ccc(-n5c7ccccc7c7cccc(-c8cc(C(C)(C)C)cc(C(C)(C)C)c8)c75)cc4N6c4ccccc4-c4cccc([Si](c5ccccc5)(c5ccccc5)c5ccccc5)c4)c23)cc(C(C)(C)C)c1. The van der Waals surface area contributed by atoms with Crippen LogP contribution in [-0.2, 0) is 21.7 Å². The molecule has 2 aliphatic rings. The van der Waals surface area contributed by atoms with Gasteiger partial charge in [-0.15, -0.1) is 0 Å². The second kappa shape index (κ2) is 33.5. The van der Waals surface area contributed by atoms with Gasteiger partial charge in [0.25, 0.3) is 6.71 Å². The minimum atomic E-state index is -3.06. The Morgan fingerprint density at radius 2 is 0.467 bits per heavy atom. The summed E-state index contributed by atoms with van der Waals surface area (Å²) < 4.78 is 5.21. The van der Waals surface area contributed by atoms with Crippen molar-refractivity contribution in [2.75, 3.05) is 9.80 Å². The molecule has 0 N–H and O–H groups in total. The lowest BCUT2D eigenvalue weighted by Crippen LogP contribution is -2.74. The number of nitrogens with zero attached hydrogens (tertiary/aromatic N) is 4. The third kappa shape index (κ3) is 14.4. The van der Waals surface area contributed by atoms with Gasteiger partial charge in [-0.3, -0.25) is 0 Å². The van der Waals surface area contributed by atoms with E-state index in [1.807, 2.05) is 0 Å². The van der Waals surface area contributed by atoms with Crippen LogP contribution in [0.3, 0.4) is 0 Å². The minimum absolute atomic E-state index is 0.109. The van der Waals surface area contributed by atoms with E-state index >= 15 is 0 Å². The number of fused-ring (bicyclic) bond motifs is 10. The predicted octanol–water partition coefficient (Wildman–Crippen LogP) is 26.6. The molecule has 0 saturated heterocycles. The molecule has 0 bridgehead atoms. The van der Waals surface area contributed by atoms with Crippen molar-refractivity contribution < 1.29 is 0 Å². The molecule has 0 amide bonds. The highest BCUT2D eigenvalue weighted by Gasteiger charge is 2.48. The van der Waals surface area contributed by atoms with Gasteiger partial charge >= 0.3 is 0 Å². The van der Waals surface area contributed by atoms with Crippen LogP contribution >= 0.6 is 0 Å². The first-order valence-corrected chi connectivity index (χ1v) is 52.6. The zero-order chi connectivity index (χ0) is 93.4. The number of hydrogen-bond acceptors (Lipinski definition) is 2. The Morgan fingerprint density at radius 1 is 0.197 bits per heavy atom. The van der Waals surface area contributed by atoms with E-state index in [1.54, 1.807) is 0 Å². The first kappa shape index (κ1) is 86.0. The maximum atomic E-state index is 2.68. The van der Waals surface area contributed by atoms with Crippen LogP contribution in [0.15, 0.2) is 455 Å². The van der Waals surface area contributed by atoms with Gasteiger partial charge < -0.3 is 18.9 Å². The number of para-hydroxylation sites is 6. The average molecular weight is 1800 g/mol. The predicted molar refractivity (Wildman–Crippen MR) is 593 cm³/mol. The molecule has 23 rings (SSSR count). The van der Waals surface area contributed by atoms with Crippen LogP contribution in [0.2, 0.25) is 0 Å². The van der Waals surface area contributed by atoms with E-state index in [2.05, 4.69) is 557 Å². The molecule has 2 aromatic heterocycles. The van der Waals surface area contributed by atoms with E-state index < -0.39 is 16.1 Å². The third-order valence-corrected chi connectivity index (χ3v) is 39.1. The molecule has 0 aliphatic carbocycles. The molecule has 4 heterocycles. The van der Waals surface area contributed by atoms with Crippen LogP contribution in [0, 0.1) is 0 Å². The Bertz CT molecular complexity index is 7520. The van der Waals surface area contributed by atoms with Crippen LogP contribution in [0.25, 0.3) is 99.5 Å². The van der Waals surface area contributed by atoms with Gasteiger partial charge in [0.2, 0.25) is 0 Å². The summed E-state index contributed by atoms with van der Waals surface area (Å²) in [6, 6.07) is 176. The van der Waals surface area contributed by atoms with Crippen molar-refractivity contribution in [2.45, 2.75) is 105 Å². The van der Waals surface area contributed by atoms with Gasteiger partial charge in [-0.1, -0.05) is 477 Å². The van der Waals surface area contributed by atoms with Gasteiger partial charge in [-0.25, -0.2) is 0 Å². The Labute approximate surface area is 809 Å². The Hall–Kier alpha value is -15.1. The van der Waals surface area contributed by atoms with E-state index in [-0.39, 0.29) is 28.4 Å². The van der Waals surface area contributed by atoms with E-state index in [4.69, 9.17) is 0 Å². The molecule has 0 unspecified atom stereocenters. The topological polar surface area (TPSA) is 16.3 Å². The zero-order valence-corrected chi connectivity index (χ0v) is 82.2. The van der Waals surface area contributed by atoms with Crippen molar-refractivity contribution >= 4 is 158 Å². The number of hydrogen-bond donors (Lipinski definition) is 0. The first-order chi connectivity index (χ1) is 66.5. The number of rotatable bonds is 16. The van der Waals surface area contributed by atoms with Crippen LogP contribution in [-0.4, -0.2) is 32.0 Å². The molecule has 0 spiro atoms. The fourth-order valence-electron chi connectivity index (χ4n) is 22.8. The summed E-state index contributed by atoms with van der Waals surface area (Å²) in [5.74, 6) is 0. The second-order valence-electron chi connectivity index (χ2n) is 41.9. The fourth-order valence-corrected chi connectivity index (χ4v) is 32.4. The number of anilines is 6. The maximum Gasteiger partial charge on any atom is 0.252 e. The molecule has 0 atom stereocenters. The summed E-state index contributed by atoms with van der Waals surface area (Å²) >= 11 is 0. The van der Waals surface area contributed by atoms with Crippen LogP contribution < -0.4 is 67.7 Å². The maximum absolute atomic E-state index is 3.06. The smallest absolute Gasteiger partial charge is 0.252 e. The van der Waals surface area contributed by atoms with Gasteiger partial charge in [-0.05, 0) is 185 Å². The van der Waals surface area contributed by atoms with Gasteiger partial charge in [-0.2, -0.15) is 0 Å². The highest BCUT2D eigenvalue weighted by Crippen LogP contribution is 2.52. The van der Waals surface area contributed by atoms with Crippen molar-refractivity contribution in [1.29, 1.82) is 0 Å². The molecule has 19 aromatic carbocycles. The Kier molecular flexibility index (Phi) is 21.0. The highest BCUT2D eigenvalue weighted by atomic mass is 28.3. The monoisotopic (exact) mass is 1790 g/mol. The number of benzene rings is 19. The molecular formula is C130H111BN4Si2. The lowest BCUT2D eigenvalue weighted by molar-refractivity contribution is 0.568. The lowest BCUT2D eigenvalue weighted by atomic mass is 9.33. The van der Waals surface area contributed by atoms with E-state index in [0.29, 0.717) is 0 Å². The minimum Gasteiger partial charge on any atom is -0.311 e. The molecular weight excluding hydrogens is 1680 g/mol. The quantitative estimate of drug-likeness (QED) is 0.0708. The summed E-state index contributed by atoms with van der Waals surface area (Å²) in [4.78, 5) is 5.35. The van der Waals surface area contributed by atoms with Gasteiger partial charge in [0.1, 0.15) is 0 Å². The highest BCUT2D eigenvalue weighted by molar-refractivity contribution is 7.20. The summed E-state index contributed by atoms with van der Waals surface area (Å²) in [6.45, 7) is 28.0. The first-order valence-electron chi connectivity index (χ1n) is 48.6. The number of aromatic nitrogens is 2. The Morgan fingerprint density at radius 3 is 0.803 bits per heavy atom. The van der Waals surface area contributed by atoms with Crippen molar-refractivity contribution in [1.82, 2.24) is 9.13 Å². The lowest BCUT2D eigenvalue weighted by Gasteiger charge is -2.45. The fraction of sp³-hybridized carbons (Fsp3) is 0.123. The summed E-state index contributed by atoms with van der Waals surface area (Å²) in [6.07, 6.45) is 0. The summed E-state index contributed by atoms with van der Waals surface area (Å²) in [5.41, 5.74) is 31.3. The third-order valence-electron chi connectivity index (χ3n) is 29.6. The molecule has 0 saturated carbocycles. The largest absolute Gasteiger partial charge is 0.311 e. The summed E-state index contributed by atoms with van der Waals surface area (Å²) in [5, 5.41) is 15.4. The molecule has 4 nitrogen and oxygen atoms in total. The van der Waals surface area contributed by atoms with Crippen LogP contribution in [0.1, 0.15) is 105 Å². The molecule has 662 valence electrons. The van der Waals surface area contributed by atoms with Gasteiger partial charge in [0, 0.05) is 77.9 Å². The van der Waals surface area contributed by atoms with E-state index in [0.717, 1.165) is 78.8 Å². The molecule has 0 radical (unpaired) electrons.